The van der Waals surface area contributed by atoms with Crippen LogP contribution in [-0.4, -0.2) is 47.7 Å². The standard InChI is InChI=1S/C12H22N2O2/c1-9-5-7-14(8-11(9)15)12(16)4-6-13-10-2-3-10/h9-11,13,15H,2-8H2,1H3. The van der Waals surface area contributed by atoms with Gasteiger partial charge < -0.3 is 15.3 Å². The number of nitrogens with one attached hydrogen (secondary N) is 1. The summed E-state index contributed by atoms with van der Waals surface area (Å²) in [7, 11) is 0. The fourth-order valence-corrected chi connectivity index (χ4v) is 2.10. The first-order chi connectivity index (χ1) is 7.66. The number of aliphatic hydroxyl groups is 1. The van der Waals surface area contributed by atoms with Crippen LogP contribution in [0.15, 0.2) is 0 Å². The normalized spacial score (nSPS) is 30.5. The van der Waals surface area contributed by atoms with Crippen molar-refractivity contribution in [1.82, 2.24) is 10.2 Å². The zero-order valence-electron chi connectivity index (χ0n) is 9.98. The fraction of sp³-hybridized carbons (Fsp3) is 0.917. The summed E-state index contributed by atoms with van der Waals surface area (Å²) in [4.78, 5) is 13.6. The Morgan fingerprint density at radius 2 is 2.19 bits per heavy atom. The van der Waals surface area contributed by atoms with Crippen molar-refractivity contribution in [2.24, 2.45) is 5.92 Å². The molecule has 2 aliphatic rings. The number of likely N-dealkylation sites (tertiary alicyclic amines) is 1. The SMILES string of the molecule is CC1CCN(C(=O)CCNC2CC2)CC1O. The highest BCUT2D eigenvalue weighted by Gasteiger charge is 2.27. The molecule has 2 unspecified atom stereocenters. The largest absolute Gasteiger partial charge is 0.391 e. The van der Waals surface area contributed by atoms with Crippen LogP contribution in [0.1, 0.15) is 32.6 Å². The molecule has 2 fully saturated rings. The average molecular weight is 226 g/mol. The summed E-state index contributed by atoms with van der Waals surface area (Å²) in [5, 5.41) is 13.0. The predicted molar refractivity (Wildman–Crippen MR) is 62.0 cm³/mol. The van der Waals surface area contributed by atoms with Gasteiger partial charge in [0.2, 0.25) is 5.91 Å². The quantitative estimate of drug-likeness (QED) is 0.727. The Labute approximate surface area is 97.0 Å². The van der Waals surface area contributed by atoms with Crippen molar-refractivity contribution < 1.29 is 9.90 Å². The molecule has 1 aliphatic heterocycles. The Balaban J connectivity index is 1.67. The molecule has 2 N–H and O–H groups in total. The summed E-state index contributed by atoms with van der Waals surface area (Å²) in [5.41, 5.74) is 0. The van der Waals surface area contributed by atoms with E-state index in [2.05, 4.69) is 5.32 Å². The van der Waals surface area contributed by atoms with Crippen LogP contribution in [-0.2, 0) is 4.79 Å². The van der Waals surface area contributed by atoms with E-state index in [1.807, 2.05) is 6.92 Å². The zero-order chi connectivity index (χ0) is 11.5. The molecule has 1 aliphatic carbocycles. The lowest BCUT2D eigenvalue weighted by Gasteiger charge is -2.34. The summed E-state index contributed by atoms with van der Waals surface area (Å²) in [5.74, 6) is 0.507. The van der Waals surface area contributed by atoms with Crippen molar-refractivity contribution in [3.05, 3.63) is 0 Å². The second-order valence-electron chi connectivity index (χ2n) is 5.15. The number of carbonyl (C=O) groups excluding carboxylic acids is 1. The molecule has 4 nitrogen and oxygen atoms in total. The van der Waals surface area contributed by atoms with E-state index in [0.717, 1.165) is 19.5 Å². The zero-order valence-corrected chi connectivity index (χ0v) is 9.98. The summed E-state index contributed by atoms with van der Waals surface area (Å²) < 4.78 is 0. The van der Waals surface area contributed by atoms with Crippen LogP contribution in [0, 0.1) is 5.92 Å². The Hall–Kier alpha value is -0.610. The summed E-state index contributed by atoms with van der Waals surface area (Å²) >= 11 is 0. The molecular formula is C12H22N2O2. The van der Waals surface area contributed by atoms with Crippen molar-refractivity contribution in [1.29, 1.82) is 0 Å². The van der Waals surface area contributed by atoms with Crippen LogP contribution in [0.5, 0.6) is 0 Å². The first kappa shape index (κ1) is 11.9. The molecule has 16 heavy (non-hydrogen) atoms. The molecule has 4 heteroatoms. The van der Waals surface area contributed by atoms with Gasteiger partial charge in [0.15, 0.2) is 0 Å². The molecule has 0 aromatic rings. The van der Waals surface area contributed by atoms with E-state index < -0.39 is 0 Å². The number of rotatable bonds is 4. The predicted octanol–water partition coefficient (Wildman–Crippen LogP) is 0.358. The topological polar surface area (TPSA) is 52.6 Å². The van der Waals surface area contributed by atoms with Crippen LogP contribution in [0.2, 0.25) is 0 Å². The lowest BCUT2D eigenvalue weighted by Crippen LogP contribution is -2.46. The highest BCUT2D eigenvalue weighted by Crippen LogP contribution is 2.19. The summed E-state index contributed by atoms with van der Waals surface area (Å²) in [6.07, 6.45) is 3.66. The Bertz CT molecular complexity index is 253. The number of piperidine rings is 1. The minimum absolute atomic E-state index is 0.180. The van der Waals surface area contributed by atoms with Crippen molar-refractivity contribution in [2.45, 2.75) is 44.8 Å². The van der Waals surface area contributed by atoms with E-state index in [-0.39, 0.29) is 12.0 Å². The number of β-amino-alcohol motifs (C(OH)–C–C–N with tert-alkyl or cyclic N) is 1. The van der Waals surface area contributed by atoms with Crippen LogP contribution in [0.3, 0.4) is 0 Å². The maximum absolute atomic E-state index is 11.8. The van der Waals surface area contributed by atoms with Gasteiger partial charge in [0, 0.05) is 32.1 Å². The third-order valence-electron chi connectivity index (χ3n) is 3.62. The minimum Gasteiger partial charge on any atom is -0.391 e. The molecule has 0 aromatic carbocycles. The van der Waals surface area contributed by atoms with Crippen molar-refractivity contribution in [3.8, 4) is 0 Å². The van der Waals surface area contributed by atoms with Crippen LogP contribution >= 0.6 is 0 Å². The van der Waals surface area contributed by atoms with Crippen molar-refractivity contribution >= 4 is 5.91 Å². The lowest BCUT2D eigenvalue weighted by molar-refractivity contribution is -0.135. The van der Waals surface area contributed by atoms with Gasteiger partial charge in [0.1, 0.15) is 0 Å². The molecule has 1 saturated carbocycles. The molecule has 92 valence electrons. The molecule has 1 amide bonds. The molecule has 2 rings (SSSR count). The molecule has 1 heterocycles. The smallest absolute Gasteiger partial charge is 0.223 e. The Kier molecular flexibility index (Phi) is 3.82. The average Bonchev–Trinajstić information content (AvgIpc) is 3.06. The highest BCUT2D eigenvalue weighted by atomic mass is 16.3. The highest BCUT2D eigenvalue weighted by molar-refractivity contribution is 5.76. The molecule has 0 radical (unpaired) electrons. The van der Waals surface area contributed by atoms with Crippen LogP contribution in [0.4, 0.5) is 0 Å². The van der Waals surface area contributed by atoms with Crippen LogP contribution < -0.4 is 5.32 Å². The van der Waals surface area contributed by atoms with E-state index in [9.17, 15) is 9.90 Å². The number of hydrogen-bond donors (Lipinski definition) is 2. The molecule has 0 bridgehead atoms. The number of hydrogen-bond acceptors (Lipinski definition) is 3. The third-order valence-corrected chi connectivity index (χ3v) is 3.62. The number of nitrogens with zero attached hydrogens (tertiary/aromatic N) is 1. The Morgan fingerprint density at radius 1 is 1.44 bits per heavy atom. The molecule has 0 aromatic heterocycles. The van der Waals surface area contributed by atoms with Gasteiger partial charge in [-0.05, 0) is 25.2 Å². The van der Waals surface area contributed by atoms with Crippen LogP contribution in [0.25, 0.3) is 0 Å². The van der Waals surface area contributed by atoms with E-state index in [1.165, 1.54) is 12.8 Å². The van der Waals surface area contributed by atoms with Gasteiger partial charge in [-0.25, -0.2) is 0 Å². The van der Waals surface area contributed by atoms with E-state index in [1.54, 1.807) is 4.90 Å². The number of carbonyl (C=O) groups is 1. The van der Waals surface area contributed by atoms with Gasteiger partial charge in [-0.15, -0.1) is 0 Å². The number of amides is 1. The van der Waals surface area contributed by atoms with Crippen molar-refractivity contribution in [3.63, 3.8) is 0 Å². The first-order valence-corrected chi connectivity index (χ1v) is 6.36. The minimum atomic E-state index is -0.339. The monoisotopic (exact) mass is 226 g/mol. The summed E-state index contributed by atoms with van der Waals surface area (Å²) in [6.45, 7) is 4.15. The van der Waals surface area contributed by atoms with E-state index in [4.69, 9.17) is 0 Å². The van der Waals surface area contributed by atoms with Gasteiger partial charge >= 0.3 is 0 Å². The van der Waals surface area contributed by atoms with Gasteiger partial charge in [-0.2, -0.15) is 0 Å². The van der Waals surface area contributed by atoms with E-state index >= 15 is 0 Å². The first-order valence-electron chi connectivity index (χ1n) is 6.36. The second-order valence-corrected chi connectivity index (χ2v) is 5.15. The second kappa shape index (κ2) is 5.15. The van der Waals surface area contributed by atoms with Gasteiger partial charge in [0.25, 0.3) is 0 Å². The van der Waals surface area contributed by atoms with E-state index in [0.29, 0.717) is 24.9 Å². The lowest BCUT2D eigenvalue weighted by atomic mass is 9.96. The number of aliphatic hydroxyl groups excluding tert-OH is 1. The molecule has 0 spiro atoms. The Morgan fingerprint density at radius 3 is 2.81 bits per heavy atom. The third kappa shape index (κ3) is 3.19. The molecular weight excluding hydrogens is 204 g/mol. The van der Waals surface area contributed by atoms with Gasteiger partial charge in [-0.3, -0.25) is 4.79 Å². The molecule has 1 saturated heterocycles. The maximum Gasteiger partial charge on any atom is 0.223 e. The summed E-state index contributed by atoms with van der Waals surface area (Å²) in [6, 6.07) is 0.666. The van der Waals surface area contributed by atoms with Gasteiger partial charge in [0.05, 0.1) is 6.10 Å². The molecule has 2 atom stereocenters. The van der Waals surface area contributed by atoms with Gasteiger partial charge in [-0.1, -0.05) is 6.92 Å². The van der Waals surface area contributed by atoms with Crippen molar-refractivity contribution in [2.75, 3.05) is 19.6 Å². The fourth-order valence-electron chi connectivity index (χ4n) is 2.10. The maximum atomic E-state index is 11.8.